The quantitative estimate of drug-likeness (QED) is 0.909. The highest BCUT2D eigenvalue weighted by atomic mass is 16.3. The lowest BCUT2D eigenvalue weighted by atomic mass is 10.0. The first-order valence-electron chi connectivity index (χ1n) is 6.71. The van der Waals surface area contributed by atoms with Crippen molar-refractivity contribution in [3.63, 3.8) is 0 Å². The van der Waals surface area contributed by atoms with E-state index >= 15 is 0 Å². The molecule has 0 aliphatic carbocycles. The van der Waals surface area contributed by atoms with E-state index in [9.17, 15) is 9.90 Å². The summed E-state index contributed by atoms with van der Waals surface area (Å²) >= 11 is 0. The Kier molecular flexibility index (Phi) is 3.37. The number of likely N-dealkylation sites (tertiary alicyclic amines) is 1. The van der Waals surface area contributed by atoms with Crippen molar-refractivity contribution in [2.75, 3.05) is 13.1 Å². The van der Waals surface area contributed by atoms with E-state index in [0.717, 1.165) is 31.5 Å². The Bertz CT molecular complexity index is 620. The Labute approximate surface area is 117 Å². The average Bonchev–Trinajstić information content (AvgIpc) is 3.01. The van der Waals surface area contributed by atoms with Crippen molar-refractivity contribution >= 4 is 5.91 Å². The van der Waals surface area contributed by atoms with Gasteiger partial charge in [-0.05, 0) is 18.4 Å². The number of aromatic nitrogens is 1. The average molecular weight is 267 g/mol. The van der Waals surface area contributed by atoms with Crippen molar-refractivity contribution < 1.29 is 9.90 Å². The van der Waals surface area contributed by atoms with Crippen molar-refractivity contribution in [2.45, 2.75) is 12.8 Å². The van der Waals surface area contributed by atoms with E-state index in [1.165, 1.54) is 6.20 Å². The summed E-state index contributed by atoms with van der Waals surface area (Å²) < 4.78 is 0. The Balaban J connectivity index is 2.07. The molecule has 4 heteroatoms. The van der Waals surface area contributed by atoms with Crippen molar-refractivity contribution in [1.82, 2.24) is 9.88 Å². The van der Waals surface area contributed by atoms with Crippen LogP contribution in [0.3, 0.4) is 0 Å². The van der Waals surface area contributed by atoms with Crippen LogP contribution < -0.4 is 0 Å². The number of hydrogen-bond acceptors (Lipinski definition) is 3. The third-order valence-corrected chi connectivity index (χ3v) is 3.54. The van der Waals surface area contributed by atoms with Gasteiger partial charge in [-0.15, -0.1) is 0 Å². The smallest absolute Gasteiger partial charge is 0.258 e. The van der Waals surface area contributed by atoms with Crippen LogP contribution in [0.5, 0.6) is 5.75 Å². The summed E-state index contributed by atoms with van der Waals surface area (Å²) in [6.07, 6.45) is 6.15. The molecule has 101 valence electrons. The van der Waals surface area contributed by atoms with Gasteiger partial charge in [0.25, 0.3) is 5.91 Å². The standard InChI is InChI=1S/C16H15N2O2/c19-14-11-17-10-13(12-6-2-1-3-7-12)15(14)16(20)18-8-4-5-9-18/h1-3,6-7,11,19H,4-5,8-9H2. The van der Waals surface area contributed by atoms with Gasteiger partial charge in [0.05, 0.1) is 18.0 Å². The second-order valence-corrected chi connectivity index (χ2v) is 4.87. The highest BCUT2D eigenvalue weighted by Gasteiger charge is 2.25. The van der Waals surface area contributed by atoms with Gasteiger partial charge in [-0.2, -0.15) is 0 Å². The monoisotopic (exact) mass is 267 g/mol. The fourth-order valence-electron chi connectivity index (χ4n) is 2.52. The van der Waals surface area contributed by atoms with E-state index in [4.69, 9.17) is 0 Å². The lowest BCUT2D eigenvalue weighted by Gasteiger charge is -2.18. The number of rotatable bonds is 2. The molecule has 0 bridgehead atoms. The molecule has 1 aliphatic rings. The molecule has 1 fully saturated rings. The molecule has 0 saturated carbocycles. The molecule has 1 amide bonds. The summed E-state index contributed by atoms with van der Waals surface area (Å²) in [7, 11) is 0. The van der Waals surface area contributed by atoms with Crippen LogP contribution in [-0.2, 0) is 0 Å². The van der Waals surface area contributed by atoms with Gasteiger partial charge in [0.1, 0.15) is 5.75 Å². The minimum Gasteiger partial charge on any atom is -0.505 e. The molecule has 1 N–H and O–H groups in total. The van der Waals surface area contributed by atoms with Crippen LogP contribution in [0.4, 0.5) is 0 Å². The van der Waals surface area contributed by atoms with Crippen molar-refractivity contribution in [3.05, 3.63) is 48.3 Å². The molecule has 1 aliphatic heterocycles. The van der Waals surface area contributed by atoms with Crippen LogP contribution in [0.25, 0.3) is 11.1 Å². The summed E-state index contributed by atoms with van der Waals surface area (Å²) in [5.41, 5.74) is 1.69. The molecule has 20 heavy (non-hydrogen) atoms. The number of benzene rings is 1. The first kappa shape index (κ1) is 12.7. The number of carbonyl (C=O) groups is 1. The maximum Gasteiger partial charge on any atom is 0.258 e. The highest BCUT2D eigenvalue weighted by Crippen LogP contribution is 2.30. The molecule has 1 aromatic heterocycles. The fraction of sp³-hybridized carbons (Fsp3) is 0.250. The van der Waals surface area contributed by atoms with E-state index in [1.807, 2.05) is 30.3 Å². The normalized spacial score (nSPS) is 14.5. The summed E-state index contributed by atoms with van der Waals surface area (Å²) in [6, 6.07) is 9.44. The third-order valence-electron chi connectivity index (χ3n) is 3.54. The SMILES string of the molecule is O=C(c1c(-c2ccccc2)[c]ncc1O)N1CCCC1. The number of carbonyl (C=O) groups excluding carboxylic acids is 1. The van der Waals surface area contributed by atoms with Crippen molar-refractivity contribution in [2.24, 2.45) is 0 Å². The number of aromatic hydroxyl groups is 1. The largest absolute Gasteiger partial charge is 0.505 e. The number of amides is 1. The van der Waals surface area contributed by atoms with Gasteiger partial charge >= 0.3 is 0 Å². The number of nitrogens with zero attached hydrogens (tertiary/aromatic N) is 2. The van der Waals surface area contributed by atoms with Crippen LogP contribution in [0.15, 0.2) is 36.5 Å². The molecule has 1 saturated heterocycles. The van der Waals surface area contributed by atoms with Crippen molar-refractivity contribution in [1.29, 1.82) is 0 Å². The Morgan fingerprint density at radius 3 is 2.60 bits per heavy atom. The Hall–Kier alpha value is -2.36. The van der Waals surface area contributed by atoms with E-state index in [0.29, 0.717) is 11.1 Å². The van der Waals surface area contributed by atoms with E-state index in [1.54, 1.807) is 4.90 Å². The van der Waals surface area contributed by atoms with E-state index < -0.39 is 0 Å². The molecule has 0 spiro atoms. The van der Waals surface area contributed by atoms with Crippen LogP contribution in [0.2, 0.25) is 0 Å². The van der Waals surface area contributed by atoms with E-state index in [2.05, 4.69) is 11.2 Å². The first-order chi connectivity index (χ1) is 9.77. The molecule has 2 aromatic rings. The van der Waals surface area contributed by atoms with Crippen LogP contribution in [0, 0.1) is 6.20 Å². The molecule has 4 nitrogen and oxygen atoms in total. The molecule has 0 unspecified atom stereocenters. The molecule has 2 heterocycles. The maximum atomic E-state index is 12.6. The number of pyridine rings is 1. The molecular formula is C16H15N2O2. The molecule has 1 radical (unpaired) electrons. The lowest BCUT2D eigenvalue weighted by Crippen LogP contribution is -2.28. The minimum atomic E-state index is -0.141. The zero-order valence-electron chi connectivity index (χ0n) is 11.0. The van der Waals surface area contributed by atoms with Gasteiger partial charge in [0, 0.05) is 18.7 Å². The topological polar surface area (TPSA) is 53.4 Å². The Morgan fingerprint density at radius 1 is 1.20 bits per heavy atom. The van der Waals surface area contributed by atoms with Gasteiger partial charge in [-0.25, -0.2) is 0 Å². The van der Waals surface area contributed by atoms with Crippen LogP contribution >= 0.6 is 0 Å². The first-order valence-corrected chi connectivity index (χ1v) is 6.71. The summed E-state index contributed by atoms with van der Waals surface area (Å²) in [4.78, 5) is 18.2. The highest BCUT2D eigenvalue weighted by molar-refractivity contribution is 6.03. The number of hydrogen-bond donors (Lipinski definition) is 1. The third kappa shape index (κ3) is 2.25. The summed E-state index contributed by atoms with van der Waals surface area (Å²) in [6.45, 7) is 1.49. The zero-order chi connectivity index (χ0) is 13.9. The van der Waals surface area contributed by atoms with Crippen LogP contribution in [0.1, 0.15) is 23.2 Å². The van der Waals surface area contributed by atoms with Gasteiger partial charge in [-0.3, -0.25) is 9.78 Å². The molecule has 3 rings (SSSR count). The minimum absolute atomic E-state index is 0.0838. The van der Waals surface area contributed by atoms with Gasteiger partial charge in [0.15, 0.2) is 0 Å². The summed E-state index contributed by atoms with van der Waals surface area (Å²) in [5.74, 6) is -0.225. The van der Waals surface area contributed by atoms with Gasteiger partial charge < -0.3 is 10.0 Å². The van der Waals surface area contributed by atoms with Gasteiger partial charge in [-0.1, -0.05) is 30.3 Å². The molecule has 0 atom stereocenters. The molecule has 1 aromatic carbocycles. The van der Waals surface area contributed by atoms with E-state index in [-0.39, 0.29) is 11.7 Å². The predicted molar refractivity (Wildman–Crippen MR) is 75.3 cm³/mol. The Morgan fingerprint density at radius 2 is 1.90 bits per heavy atom. The predicted octanol–water partition coefficient (Wildman–Crippen LogP) is 2.49. The zero-order valence-corrected chi connectivity index (χ0v) is 11.0. The molecular weight excluding hydrogens is 252 g/mol. The summed E-state index contributed by atoms with van der Waals surface area (Å²) in [5, 5.41) is 10.1. The maximum absolute atomic E-state index is 12.6. The van der Waals surface area contributed by atoms with Gasteiger partial charge in [0.2, 0.25) is 0 Å². The van der Waals surface area contributed by atoms with Crippen molar-refractivity contribution in [3.8, 4) is 16.9 Å². The second kappa shape index (κ2) is 5.33. The lowest BCUT2D eigenvalue weighted by molar-refractivity contribution is 0.0790. The second-order valence-electron chi connectivity index (χ2n) is 4.87. The van der Waals surface area contributed by atoms with Crippen LogP contribution in [-0.4, -0.2) is 34.0 Å². The fourth-order valence-corrected chi connectivity index (χ4v) is 2.52.